The Morgan fingerprint density at radius 2 is 1.50 bits per heavy atom. The third-order valence-corrected chi connectivity index (χ3v) is 6.30. The van der Waals surface area contributed by atoms with Crippen LogP contribution in [0.3, 0.4) is 0 Å². The number of nitrogens with zero attached hydrogens (tertiary/aromatic N) is 3. The Morgan fingerprint density at radius 1 is 0.853 bits per heavy atom. The lowest BCUT2D eigenvalue weighted by atomic mass is 10.0. The average molecular weight is 475 g/mol. The maximum Gasteiger partial charge on any atom is 0.162 e. The van der Waals surface area contributed by atoms with E-state index in [0.29, 0.717) is 10.8 Å². The van der Waals surface area contributed by atoms with Gasteiger partial charge in [-0.1, -0.05) is 61.8 Å². The smallest absolute Gasteiger partial charge is 0.162 e. The Kier molecular flexibility index (Phi) is 7.99. The summed E-state index contributed by atoms with van der Waals surface area (Å²) in [5.74, 6) is 2.37. The van der Waals surface area contributed by atoms with Gasteiger partial charge in [0, 0.05) is 22.5 Å². The summed E-state index contributed by atoms with van der Waals surface area (Å²) in [7, 11) is 1.68. The van der Waals surface area contributed by atoms with Crippen molar-refractivity contribution in [2.24, 2.45) is 0 Å². The van der Waals surface area contributed by atoms with Crippen molar-refractivity contribution < 1.29 is 4.74 Å². The highest BCUT2D eigenvalue weighted by Gasteiger charge is 2.11. The second kappa shape index (κ2) is 11.3. The number of fused-ring (bicyclic) bond motifs is 1. The summed E-state index contributed by atoms with van der Waals surface area (Å²) in [6.45, 7) is 8.45. The van der Waals surface area contributed by atoms with Gasteiger partial charge in [0.2, 0.25) is 0 Å². The molecule has 1 heterocycles. The van der Waals surface area contributed by atoms with E-state index in [1.165, 1.54) is 0 Å². The second-order valence-corrected chi connectivity index (χ2v) is 8.61. The van der Waals surface area contributed by atoms with E-state index in [1.54, 1.807) is 7.11 Å². The molecule has 34 heavy (non-hydrogen) atoms. The van der Waals surface area contributed by atoms with Crippen LogP contribution in [0.15, 0.2) is 66.7 Å². The summed E-state index contributed by atoms with van der Waals surface area (Å²) in [6.07, 6.45) is 1.05. The zero-order valence-corrected chi connectivity index (χ0v) is 20.8. The first kappa shape index (κ1) is 24.0. The van der Waals surface area contributed by atoms with Crippen LogP contribution in [0.25, 0.3) is 33.4 Å². The van der Waals surface area contributed by atoms with Crippen LogP contribution in [-0.4, -0.2) is 48.2 Å². The molecule has 5 nitrogen and oxygen atoms in total. The van der Waals surface area contributed by atoms with Crippen molar-refractivity contribution in [3.05, 3.63) is 71.8 Å². The van der Waals surface area contributed by atoms with Crippen molar-refractivity contribution >= 4 is 28.3 Å². The summed E-state index contributed by atoms with van der Waals surface area (Å²) in [4.78, 5) is 12.1. The maximum atomic E-state index is 6.28. The van der Waals surface area contributed by atoms with Gasteiger partial charge in [-0.2, -0.15) is 0 Å². The van der Waals surface area contributed by atoms with E-state index in [9.17, 15) is 0 Å². The number of methoxy groups -OCH3 is 1. The van der Waals surface area contributed by atoms with E-state index in [2.05, 4.69) is 60.5 Å². The van der Waals surface area contributed by atoms with Gasteiger partial charge in [-0.25, -0.2) is 9.97 Å². The zero-order chi connectivity index (χ0) is 23.9. The van der Waals surface area contributed by atoms with Crippen molar-refractivity contribution in [2.75, 3.05) is 38.6 Å². The highest BCUT2D eigenvalue weighted by atomic mass is 35.5. The van der Waals surface area contributed by atoms with E-state index < -0.39 is 0 Å². The lowest BCUT2D eigenvalue weighted by Crippen LogP contribution is -2.25. The van der Waals surface area contributed by atoms with Gasteiger partial charge in [0.25, 0.3) is 0 Å². The molecule has 0 aliphatic heterocycles. The summed E-state index contributed by atoms with van der Waals surface area (Å²) in [5, 5.41) is 5.18. The number of ether oxygens (including phenoxy) is 1. The Hall–Kier alpha value is -3.15. The topological polar surface area (TPSA) is 50.3 Å². The van der Waals surface area contributed by atoms with Crippen LogP contribution < -0.4 is 10.1 Å². The normalized spacial score (nSPS) is 11.2. The fourth-order valence-electron chi connectivity index (χ4n) is 4.01. The lowest BCUT2D eigenvalue weighted by Gasteiger charge is -2.18. The van der Waals surface area contributed by atoms with Crippen LogP contribution in [-0.2, 0) is 0 Å². The molecule has 0 saturated carbocycles. The Labute approximate surface area is 206 Å². The van der Waals surface area contributed by atoms with Gasteiger partial charge < -0.3 is 15.0 Å². The minimum atomic E-state index is 0.666. The maximum absolute atomic E-state index is 6.28. The molecule has 176 valence electrons. The molecule has 0 bridgehead atoms. The van der Waals surface area contributed by atoms with Gasteiger partial charge in [0.1, 0.15) is 11.6 Å². The van der Waals surface area contributed by atoms with Crippen LogP contribution in [0.5, 0.6) is 5.75 Å². The standard InChI is InChI=1S/C28H31ClN4O/c1-4-33(5-2)18-6-17-30-28-25-16-13-23(29)19-26(25)31-27(32-28)22-9-7-20(8-10-22)21-11-14-24(34-3)15-12-21/h7-16,19H,4-6,17-18H2,1-3H3,(H,30,31,32). The molecule has 0 aliphatic carbocycles. The molecule has 4 aromatic rings. The van der Waals surface area contributed by atoms with Gasteiger partial charge in [-0.15, -0.1) is 0 Å². The Balaban J connectivity index is 1.59. The van der Waals surface area contributed by atoms with E-state index in [1.807, 2.05) is 30.3 Å². The molecule has 1 aromatic heterocycles. The third-order valence-electron chi connectivity index (χ3n) is 6.06. The largest absolute Gasteiger partial charge is 0.497 e. The molecule has 1 N–H and O–H groups in total. The minimum Gasteiger partial charge on any atom is -0.497 e. The summed E-state index contributed by atoms with van der Waals surface area (Å²) in [5.41, 5.74) is 4.06. The molecule has 0 aliphatic rings. The number of benzene rings is 3. The number of halogens is 1. The number of aromatic nitrogens is 2. The minimum absolute atomic E-state index is 0.666. The van der Waals surface area contributed by atoms with Gasteiger partial charge in [-0.3, -0.25) is 0 Å². The molecule has 3 aromatic carbocycles. The Bertz CT molecular complexity index is 1220. The van der Waals surface area contributed by atoms with Gasteiger partial charge in [0.15, 0.2) is 5.82 Å². The van der Waals surface area contributed by atoms with Crippen LogP contribution in [0.1, 0.15) is 20.3 Å². The first-order valence-electron chi connectivity index (χ1n) is 11.8. The van der Waals surface area contributed by atoms with E-state index >= 15 is 0 Å². The third kappa shape index (κ3) is 5.66. The number of hydrogen-bond acceptors (Lipinski definition) is 5. The fraction of sp³-hybridized carbons (Fsp3) is 0.286. The van der Waals surface area contributed by atoms with Crippen LogP contribution in [0.4, 0.5) is 5.82 Å². The molecule has 0 amide bonds. The van der Waals surface area contributed by atoms with E-state index in [-0.39, 0.29) is 0 Å². The van der Waals surface area contributed by atoms with Crippen molar-refractivity contribution in [3.8, 4) is 28.3 Å². The van der Waals surface area contributed by atoms with E-state index in [0.717, 1.165) is 71.8 Å². The molecule has 0 fully saturated rings. The predicted molar refractivity (Wildman–Crippen MR) is 143 cm³/mol. The number of anilines is 1. The second-order valence-electron chi connectivity index (χ2n) is 8.17. The zero-order valence-electron chi connectivity index (χ0n) is 20.0. The number of hydrogen-bond donors (Lipinski definition) is 1. The molecule has 0 radical (unpaired) electrons. The fourth-order valence-corrected chi connectivity index (χ4v) is 4.18. The summed E-state index contributed by atoms with van der Waals surface area (Å²) in [6, 6.07) is 22.2. The highest BCUT2D eigenvalue weighted by molar-refractivity contribution is 6.31. The van der Waals surface area contributed by atoms with Gasteiger partial charge in [0.05, 0.1) is 12.6 Å². The van der Waals surface area contributed by atoms with Crippen LogP contribution in [0, 0.1) is 0 Å². The first-order valence-corrected chi connectivity index (χ1v) is 12.2. The van der Waals surface area contributed by atoms with Crippen LogP contribution in [0.2, 0.25) is 5.02 Å². The lowest BCUT2D eigenvalue weighted by molar-refractivity contribution is 0.303. The molecule has 4 rings (SSSR count). The van der Waals surface area contributed by atoms with Crippen molar-refractivity contribution in [2.45, 2.75) is 20.3 Å². The molecule has 0 unspecified atom stereocenters. The Morgan fingerprint density at radius 3 is 2.15 bits per heavy atom. The molecular formula is C28H31ClN4O. The molecule has 0 saturated heterocycles. The number of nitrogens with one attached hydrogen (secondary N) is 1. The number of rotatable bonds is 10. The monoisotopic (exact) mass is 474 g/mol. The van der Waals surface area contributed by atoms with Crippen molar-refractivity contribution in [1.29, 1.82) is 0 Å². The van der Waals surface area contributed by atoms with Gasteiger partial charge >= 0.3 is 0 Å². The molecule has 0 atom stereocenters. The molecular weight excluding hydrogens is 444 g/mol. The first-order chi connectivity index (χ1) is 16.6. The van der Waals surface area contributed by atoms with Gasteiger partial charge in [-0.05, 0) is 67.5 Å². The summed E-state index contributed by atoms with van der Waals surface area (Å²) >= 11 is 6.28. The molecule has 6 heteroatoms. The van der Waals surface area contributed by atoms with E-state index in [4.69, 9.17) is 26.3 Å². The predicted octanol–water partition coefficient (Wildman–Crippen LogP) is 6.77. The highest BCUT2D eigenvalue weighted by Crippen LogP contribution is 2.29. The SMILES string of the molecule is CCN(CC)CCCNc1nc(-c2ccc(-c3ccc(OC)cc3)cc2)nc2cc(Cl)ccc12. The van der Waals surface area contributed by atoms with Crippen molar-refractivity contribution in [1.82, 2.24) is 14.9 Å². The average Bonchev–Trinajstić information content (AvgIpc) is 2.88. The summed E-state index contributed by atoms with van der Waals surface area (Å²) < 4.78 is 5.26. The van der Waals surface area contributed by atoms with Crippen LogP contribution >= 0.6 is 11.6 Å². The molecule has 0 spiro atoms. The quantitative estimate of drug-likeness (QED) is 0.257. The van der Waals surface area contributed by atoms with Crippen molar-refractivity contribution in [3.63, 3.8) is 0 Å².